The number of ether oxygens (including phenoxy) is 1. The van der Waals surface area contributed by atoms with Gasteiger partial charge in [-0.1, -0.05) is 0 Å². The van der Waals surface area contributed by atoms with Crippen molar-refractivity contribution in [3.8, 4) is 0 Å². The first-order valence-corrected chi connectivity index (χ1v) is 5.92. The van der Waals surface area contributed by atoms with Crippen LogP contribution in [0.3, 0.4) is 0 Å². The number of morpholine rings is 1. The van der Waals surface area contributed by atoms with E-state index in [1.807, 2.05) is 4.90 Å². The third kappa shape index (κ3) is 3.20. The van der Waals surface area contributed by atoms with Gasteiger partial charge in [0.05, 0.1) is 19.0 Å². The molecule has 1 aliphatic carbocycles. The zero-order valence-electron chi connectivity index (χ0n) is 9.52. The number of hydrogen-bond donors (Lipinski definition) is 1. The molecule has 0 atom stereocenters. The second-order valence-corrected chi connectivity index (χ2v) is 4.32. The van der Waals surface area contributed by atoms with Gasteiger partial charge in [0, 0.05) is 32.0 Å². The fraction of sp³-hybridized carbons (Fsp3) is 0.818. The molecule has 2 aliphatic rings. The molecule has 1 saturated heterocycles. The van der Waals surface area contributed by atoms with Crippen molar-refractivity contribution in [3.63, 3.8) is 0 Å². The van der Waals surface area contributed by atoms with Gasteiger partial charge in [0.25, 0.3) is 0 Å². The molecular formula is C11H19N3O2. The predicted octanol–water partition coefficient (Wildman–Crippen LogP) is 0.00250. The first-order chi connectivity index (χ1) is 7.77. The largest absolute Gasteiger partial charge is 0.387 e. The van der Waals surface area contributed by atoms with Crippen LogP contribution >= 0.6 is 0 Å². The minimum Gasteiger partial charge on any atom is -0.387 e. The van der Waals surface area contributed by atoms with E-state index in [2.05, 4.69) is 4.99 Å². The van der Waals surface area contributed by atoms with Gasteiger partial charge in [-0.3, -0.25) is 9.79 Å². The molecular weight excluding hydrogens is 206 g/mol. The Morgan fingerprint density at radius 3 is 2.69 bits per heavy atom. The minimum absolute atomic E-state index is 0.163. The lowest BCUT2D eigenvalue weighted by Gasteiger charge is -2.26. The summed E-state index contributed by atoms with van der Waals surface area (Å²) >= 11 is 0. The molecule has 90 valence electrons. The maximum absolute atomic E-state index is 11.7. The van der Waals surface area contributed by atoms with E-state index in [0.29, 0.717) is 45.2 Å². The number of nitrogens with two attached hydrogens (primary N) is 1. The van der Waals surface area contributed by atoms with Crippen molar-refractivity contribution >= 4 is 11.7 Å². The lowest BCUT2D eigenvalue weighted by Crippen LogP contribution is -2.40. The summed E-state index contributed by atoms with van der Waals surface area (Å²) in [5.74, 6) is 1.39. The molecule has 1 heterocycles. The summed E-state index contributed by atoms with van der Waals surface area (Å²) < 4.78 is 5.19. The SMILES string of the molecule is NC(=NCCC(=O)N1CCOCC1)C1CC1. The molecule has 0 spiro atoms. The van der Waals surface area contributed by atoms with Gasteiger partial charge in [0.2, 0.25) is 5.91 Å². The third-order valence-electron chi connectivity index (χ3n) is 2.98. The number of aliphatic imine (C=N–C) groups is 1. The van der Waals surface area contributed by atoms with Gasteiger partial charge in [-0.05, 0) is 12.8 Å². The van der Waals surface area contributed by atoms with Crippen LogP contribution in [0.4, 0.5) is 0 Å². The Morgan fingerprint density at radius 1 is 1.38 bits per heavy atom. The van der Waals surface area contributed by atoms with Crippen LogP contribution in [-0.4, -0.2) is 49.5 Å². The van der Waals surface area contributed by atoms with Crippen molar-refractivity contribution < 1.29 is 9.53 Å². The van der Waals surface area contributed by atoms with E-state index < -0.39 is 0 Å². The highest BCUT2D eigenvalue weighted by molar-refractivity contribution is 5.85. The number of hydrogen-bond acceptors (Lipinski definition) is 3. The van der Waals surface area contributed by atoms with Gasteiger partial charge in [-0.2, -0.15) is 0 Å². The third-order valence-corrected chi connectivity index (χ3v) is 2.98. The van der Waals surface area contributed by atoms with E-state index in [-0.39, 0.29) is 5.91 Å². The molecule has 0 aromatic rings. The molecule has 16 heavy (non-hydrogen) atoms. The van der Waals surface area contributed by atoms with E-state index in [4.69, 9.17) is 10.5 Å². The normalized spacial score (nSPS) is 22.2. The van der Waals surface area contributed by atoms with Crippen LogP contribution < -0.4 is 5.73 Å². The van der Waals surface area contributed by atoms with Crippen molar-refractivity contribution in [2.24, 2.45) is 16.6 Å². The maximum atomic E-state index is 11.7. The number of carbonyl (C=O) groups is 1. The van der Waals surface area contributed by atoms with Gasteiger partial charge >= 0.3 is 0 Å². The summed E-state index contributed by atoms with van der Waals surface area (Å²) in [7, 11) is 0. The Balaban J connectivity index is 1.68. The number of amides is 1. The Hall–Kier alpha value is -1.10. The van der Waals surface area contributed by atoms with Crippen molar-refractivity contribution in [2.75, 3.05) is 32.8 Å². The first-order valence-electron chi connectivity index (χ1n) is 5.92. The van der Waals surface area contributed by atoms with Crippen molar-refractivity contribution in [1.29, 1.82) is 0 Å². The predicted molar refractivity (Wildman–Crippen MR) is 61.2 cm³/mol. The summed E-state index contributed by atoms with van der Waals surface area (Å²) in [4.78, 5) is 17.8. The Bertz CT molecular complexity index is 281. The van der Waals surface area contributed by atoms with Crippen LogP contribution in [0, 0.1) is 5.92 Å². The van der Waals surface area contributed by atoms with Crippen LogP contribution in [0.2, 0.25) is 0 Å². The Labute approximate surface area is 95.6 Å². The molecule has 0 radical (unpaired) electrons. The molecule has 2 fully saturated rings. The fourth-order valence-electron chi connectivity index (χ4n) is 1.76. The molecule has 2 rings (SSSR count). The van der Waals surface area contributed by atoms with Crippen molar-refractivity contribution in [2.45, 2.75) is 19.3 Å². The molecule has 0 bridgehead atoms. The van der Waals surface area contributed by atoms with Crippen LogP contribution in [0.15, 0.2) is 4.99 Å². The van der Waals surface area contributed by atoms with Gasteiger partial charge in [0.15, 0.2) is 0 Å². The fourth-order valence-corrected chi connectivity index (χ4v) is 1.76. The van der Waals surface area contributed by atoms with Gasteiger partial charge in [-0.25, -0.2) is 0 Å². The van der Waals surface area contributed by atoms with E-state index in [1.54, 1.807) is 0 Å². The Morgan fingerprint density at radius 2 is 2.06 bits per heavy atom. The lowest BCUT2D eigenvalue weighted by atomic mass is 10.3. The molecule has 5 heteroatoms. The average Bonchev–Trinajstić information content (AvgIpc) is 3.14. The molecule has 5 nitrogen and oxygen atoms in total. The van der Waals surface area contributed by atoms with E-state index >= 15 is 0 Å². The molecule has 1 saturated carbocycles. The highest BCUT2D eigenvalue weighted by Gasteiger charge is 2.25. The number of carbonyl (C=O) groups excluding carboxylic acids is 1. The summed E-state index contributed by atoms with van der Waals surface area (Å²) in [6, 6.07) is 0. The van der Waals surface area contributed by atoms with Crippen LogP contribution in [0.5, 0.6) is 0 Å². The second kappa shape index (κ2) is 5.30. The van der Waals surface area contributed by atoms with Gasteiger partial charge in [0.1, 0.15) is 0 Å². The van der Waals surface area contributed by atoms with Crippen molar-refractivity contribution in [3.05, 3.63) is 0 Å². The van der Waals surface area contributed by atoms with E-state index in [1.165, 1.54) is 0 Å². The monoisotopic (exact) mass is 225 g/mol. The van der Waals surface area contributed by atoms with E-state index in [9.17, 15) is 4.79 Å². The van der Waals surface area contributed by atoms with Crippen molar-refractivity contribution in [1.82, 2.24) is 4.90 Å². The number of nitrogens with zero attached hydrogens (tertiary/aromatic N) is 2. The van der Waals surface area contributed by atoms with Gasteiger partial charge in [-0.15, -0.1) is 0 Å². The molecule has 2 N–H and O–H groups in total. The van der Waals surface area contributed by atoms with Crippen LogP contribution in [0.25, 0.3) is 0 Å². The number of amidine groups is 1. The summed E-state index contributed by atoms with van der Waals surface area (Å²) in [5, 5.41) is 0. The zero-order chi connectivity index (χ0) is 11.4. The number of rotatable bonds is 4. The van der Waals surface area contributed by atoms with Crippen LogP contribution in [-0.2, 0) is 9.53 Å². The molecule has 1 aliphatic heterocycles. The first kappa shape index (κ1) is 11.4. The van der Waals surface area contributed by atoms with Gasteiger partial charge < -0.3 is 15.4 Å². The zero-order valence-corrected chi connectivity index (χ0v) is 9.52. The second-order valence-electron chi connectivity index (χ2n) is 4.32. The Kier molecular flexibility index (Phi) is 3.77. The maximum Gasteiger partial charge on any atom is 0.224 e. The standard InChI is InChI=1S/C11H19N3O2/c12-11(9-1-2-9)13-4-3-10(15)14-5-7-16-8-6-14/h9H,1-8H2,(H2,12,13). The van der Waals surface area contributed by atoms with E-state index in [0.717, 1.165) is 18.7 Å². The molecule has 1 amide bonds. The van der Waals surface area contributed by atoms with Crippen LogP contribution in [0.1, 0.15) is 19.3 Å². The molecule has 0 unspecified atom stereocenters. The molecule has 0 aromatic heterocycles. The molecule has 0 aromatic carbocycles. The highest BCUT2D eigenvalue weighted by Crippen LogP contribution is 2.28. The average molecular weight is 225 g/mol. The summed E-state index contributed by atoms with van der Waals surface area (Å²) in [5.41, 5.74) is 5.75. The summed E-state index contributed by atoms with van der Waals surface area (Å²) in [6.07, 6.45) is 2.78. The smallest absolute Gasteiger partial charge is 0.224 e. The lowest BCUT2D eigenvalue weighted by molar-refractivity contribution is -0.135. The minimum atomic E-state index is 0.163. The highest BCUT2D eigenvalue weighted by atomic mass is 16.5. The topological polar surface area (TPSA) is 67.9 Å². The quantitative estimate of drug-likeness (QED) is 0.541. The summed E-state index contributed by atoms with van der Waals surface area (Å²) in [6.45, 7) is 3.25.